The summed E-state index contributed by atoms with van der Waals surface area (Å²) in [5.41, 5.74) is 1.81. The highest BCUT2D eigenvalue weighted by Crippen LogP contribution is 2.27. The molecule has 0 radical (unpaired) electrons. The lowest BCUT2D eigenvalue weighted by atomic mass is 9.86. The van der Waals surface area contributed by atoms with Gasteiger partial charge in [-0.05, 0) is 29.2 Å². The van der Waals surface area contributed by atoms with E-state index in [1.54, 1.807) is 13.2 Å². The van der Waals surface area contributed by atoms with Gasteiger partial charge in [-0.3, -0.25) is 0 Å². The minimum absolute atomic E-state index is 0.0418. The fraction of sp³-hybridized carbons (Fsp3) is 0.417. The van der Waals surface area contributed by atoms with Crippen LogP contribution in [-0.4, -0.2) is 7.11 Å². The molecule has 1 rings (SSSR count). The molecule has 0 aliphatic rings. The maximum Gasteiger partial charge on any atom is 0.120 e. The number of nitrogens with zero attached hydrogens (tertiary/aromatic N) is 1. The maximum absolute atomic E-state index is 8.84. The Balaban J connectivity index is 3.26. The summed E-state index contributed by atoms with van der Waals surface area (Å²) in [5.74, 6) is 0.744. The number of nitriles is 1. The molecule has 1 aromatic carbocycles. The van der Waals surface area contributed by atoms with Crippen LogP contribution in [0, 0.1) is 11.3 Å². The number of methoxy groups -OCH3 is 1. The number of hydrogen-bond acceptors (Lipinski definition) is 2. The molecule has 0 saturated heterocycles. The van der Waals surface area contributed by atoms with Crippen LogP contribution in [0.3, 0.4) is 0 Å². The molecule has 74 valence electrons. The molecule has 14 heavy (non-hydrogen) atoms. The van der Waals surface area contributed by atoms with Crippen LogP contribution >= 0.6 is 0 Å². The van der Waals surface area contributed by atoms with Gasteiger partial charge in [0.2, 0.25) is 0 Å². The second-order valence-corrected chi connectivity index (χ2v) is 4.31. The van der Waals surface area contributed by atoms with E-state index in [9.17, 15) is 0 Å². The molecule has 0 atom stereocenters. The average molecular weight is 189 g/mol. The molecule has 1 aromatic rings. The maximum atomic E-state index is 8.84. The summed E-state index contributed by atoms with van der Waals surface area (Å²) in [6, 6.07) is 7.76. The second kappa shape index (κ2) is 3.71. The van der Waals surface area contributed by atoms with Crippen LogP contribution in [0.4, 0.5) is 0 Å². The molecule has 0 bridgehead atoms. The van der Waals surface area contributed by atoms with Gasteiger partial charge < -0.3 is 4.74 Å². The molecule has 0 amide bonds. The zero-order valence-corrected chi connectivity index (χ0v) is 9.09. The van der Waals surface area contributed by atoms with Crippen molar-refractivity contribution in [3.63, 3.8) is 0 Å². The quantitative estimate of drug-likeness (QED) is 0.680. The van der Waals surface area contributed by atoms with Gasteiger partial charge in [-0.25, -0.2) is 0 Å². The minimum atomic E-state index is 0.0418. The van der Waals surface area contributed by atoms with Gasteiger partial charge in [0.1, 0.15) is 5.75 Å². The van der Waals surface area contributed by atoms with Crippen molar-refractivity contribution in [1.82, 2.24) is 0 Å². The second-order valence-electron chi connectivity index (χ2n) is 4.31. The van der Waals surface area contributed by atoms with Crippen LogP contribution in [0.15, 0.2) is 18.2 Å². The van der Waals surface area contributed by atoms with Crippen LogP contribution in [0.2, 0.25) is 0 Å². The predicted molar refractivity (Wildman–Crippen MR) is 56.4 cm³/mol. The fourth-order valence-corrected chi connectivity index (χ4v) is 1.21. The van der Waals surface area contributed by atoms with Crippen LogP contribution in [0.25, 0.3) is 0 Å². The van der Waals surface area contributed by atoms with E-state index >= 15 is 0 Å². The molecule has 0 saturated carbocycles. The first-order chi connectivity index (χ1) is 6.47. The summed E-state index contributed by atoms with van der Waals surface area (Å²) in [5, 5.41) is 8.84. The third kappa shape index (κ3) is 2.26. The Bertz CT molecular complexity index is 369. The summed E-state index contributed by atoms with van der Waals surface area (Å²) in [4.78, 5) is 0. The van der Waals surface area contributed by atoms with Gasteiger partial charge >= 0.3 is 0 Å². The molecule has 0 aliphatic carbocycles. The van der Waals surface area contributed by atoms with Crippen LogP contribution in [0.5, 0.6) is 5.75 Å². The molecule has 0 spiro atoms. The van der Waals surface area contributed by atoms with Crippen molar-refractivity contribution in [3.05, 3.63) is 29.3 Å². The van der Waals surface area contributed by atoms with E-state index in [1.165, 1.54) is 0 Å². The first-order valence-corrected chi connectivity index (χ1v) is 4.57. The number of rotatable bonds is 1. The summed E-state index contributed by atoms with van der Waals surface area (Å²) in [6.45, 7) is 6.34. The van der Waals surface area contributed by atoms with Crippen molar-refractivity contribution in [2.75, 3.05) is 7.11 Å². The summed E-state index contributed by atoms with van der Waals surface area (Å²) in [7, 11) is 1.61. The highest BCUT2D eigenvalue weighted by Gasteiger charge is 2.15. The average Bonchev–Trinajstić information content (AvgIpc) is 2.15. The van der Waals surface area contributed by atoms with Crippen LogP contribution < -0.4 is 4.74 Å². The van der Waals surface area contributed by atoms with Gasteiger partial charge in [0.25, 0.3) is 0 Å². The van der Waals surface area contributed by atoms with E-state index in [2.05, 4.69) is 26.8 Å². The van der Waals surface area contributed by atoms with E-state index < -0.39 is 0 Å². The van der Waals surface area contributed by atoms with E-state index in [4.69, 9.17) is 10.00 Å². The van der Waals surface area contributed by atoms with Crippen molar-refractivity contribution in [2.45, 2.75) is 26.2 Å². The van der Waals surface area contributed by atoms with E-state index in [-0.39, 0.29) is 5.41 Å². The smallest absolute Gasteiger partial charge is 0.120 e. The zero-order valence-electron chi connectivity index (χ0n) is 9.09. The number of hydrogen-bond donors (Lipinski definition) is 0. The van der Waals surface area contributed by atoms with Gasteiger partial charge in [-0.1, -0.05) is 20.8 Å². The Morgan fingerprint density at radius 3 is 2.29 bits per heavy atom. The molecular weight excluding hydrogens is 174 g/mol. The number of ether oxygens (including phenoxy) is 1. The predicted octanol–water partition coefficient (Wildman–Crippen LogP) is 2.86. The molecule has 2 nitrogen and oxygen atoms in total. The molecule has 0 N–H and O–H groups in total. The monoisotopic (exact) mass is 189 g/mol. The molecule has 0 aromatic heterocycles. The van der Waals surface area contributed by atoms with Crippen molar-refractivity contribution in [1.29, 1.82) is 5.26 Å². The summed E-state index contributed by atoms with van der Waals surface area (Å²) >= 11 is 0. The first kappa shape index (κ1) is 10.6. The first-order valence-electron chi connectivity index (χ1n) is 4.57. The largest absolute Gasteiger partial charge is 0.497 e. The highest BCUT2D eigenvalue weighted by atomic mass is 16.5. The summed E-state index contributed by atoms with van der Waals surface area (Å²) in [6.07, 6.45) is 0. The molecule has 0 aliphatic heterocycles. The molecule has 2 heteroatoms. The molecular formula is C12H15NO. The van der Waals surface area contributed by atoms with Gasteiger partial charge in [0, 0.05) is 0 Å². The molecule has 0 heterocycles. The van der Waals surface area contributed by atoms with E-state index in [0.29, 0.717) is 5.56 Å². The molecule has 0 unspecified atom stereocenters. The molecule has 0 fully saturated rings. The lowest BCUT2D eigenvalue weighted by Gasteiger charge is -2.19. The highest BCUT2D eigenvalue weighted by molar-refractivity contribution is 5.42. The lowest BCUT2D eigenvalue weighted by molar-refractivity contribution is 0.412. The SMILES string of the molecule is COc1cc(C#N)cc(C(C)(C)C)c1. The fourth-order valence-electron chi connectivity index (χ4n) is 1.21. The van der Waals surface area contributed by atoms with Crippen molar-refractivity contribution in [2.24, 2.45) is 0 Å². The third-order valence-electron chi connectivity index (χ3n) is 2.14. The zero-order chi connectivity index (χ0) is 10.8. The Hall–Kier alpha value is -1.49. The Kier molecular flexibility index (Phi) is 2.81. The van der Waals surface area contributed by atoms with E-state index in [0.717, 1.165) is 11.3 Å². The van der Waals surface area contributed by atoms with Gasteiger partial charge in [-0.15, -0.1) is 0 Å². The summed E-state index contributed by atoms with van der Waals surface area (Å²) < 4.78 is 5.14. The third-order valence-corrected chi connectivity index (χ3v) is 2.14. The minimum Gasteiger partial charge on any atom is -0.497 e. The normalized spacial score (nSPS) is 10.8. The Morgan fingerprint density at radius 1 is 1.21 bits per heavy atom. The van der Waals surface area contributed by atoms with Crippen LogP contribution in [-0.2, 0) is 5.41 Å². The van der Waals surface area contributed by atoms with Crippen molar-refractivity contribution in [3.8, 4) is 11.8 Å². The van der Waals surface area contributed by atoms with E-state index in [1.807, 2.05) is 12.1 Å². The van der Waals surface area contributed by atoms with Gasteiger partial charge in [0.15, 0.2) is 0 Å². The topological polar surface area (TPSA) is 33.0 Å². The standard InChI is InChI=1S/C12H15NO/c1-12(2,3)10-5-9(8-13)6-11(7-10)14-4/h5-7H,1-4H3. The van der Waals surface area contributed by atoms with Gasteiger partial charge in [0.05, 0.1) is 18.7 Å². The lowest BCUT2D eigenvalue weighted by Crippen LogP contribution is -2.11. The Morgan fingerprint density at radius 2 is 1.86 bits per heavy atom. The van der Waals surface area contributed by atoms with Crippen LogP contribution in [0.1, 0.15) is 31.9 Å². The number of benzene rings is 1. The van der Waals surface area contributed by atoms with Gasteiger partial charge in [-0.2, -0.15) is 5.26 Å². The van der Waals surface area contributed by atoms with Crippen molar-refractivity contribution < 1.29 is 4.74 Å². The van der Waals surface area contributed by atoms with Crippen molar-refractivity contribution >= 4 is 0 Å². The Labute approximate surface area is 85.1 Å².